The highest BCUT2D eigenvalue weighted by Gasteiger charge is 2.49. The third-order valence-electron chi connectivity index (χ3n) is 7.22. The van der Waals surface area contributed by atoms with Gasteiger partial charge in [0, 0.05) is 11.3 Å². The van der Waals surface area contributed by atoms with E-state index in [4.69, 9.17) is 18.9 Å². The van der Waals surface area contributed by atoms with Crippen molar-refractivity contribution in [2.24, 2.45) is 0 Å². The Labute approximate surface area is 273 Å². The highest BCUT2D eigenvalue weighted by atomic mass is 32.2. The van der Waals surface area contributed by atoms with Crippen LogP contribution in [0.25, 0.3) is 5.76 Å². The second kappa shape index (κ2) is 14.6. The predicted molar refractivity (Wildman–Crippen MR) is 174 cm³/mol. The smallest absolute Gasteiger partial charge is 0.301 e. The van der Waals surface area contributed by atoms with E-state index in [0.29, 0.717) is 50.8 Å². The normalized spacial score (nSPS) is 15.7. The predicted octanol–water partition coefficient (Wildman–Crippen LogP) is 6.80. The molecule has 0 saturated carbocycles. The van der Waals surface area contributed by atoms with Crippen molar-refractivity contribution in [2.75, 3.05) is 32.8 Å². The van der Waals surface area contributed by atoms with Crippen molar-refractivity contribution >= 4 is 45.7 Å². The molecule has 1 atom stereocenters. The molecule has 1 aliphatic heterocycles. The van der Waals surface area contributed by atoms with Gasteiger partial charge in [-0.3, -0.25) is 14.5 Å². The van der Waals surface area contributed by atoms with Gasteiger partial charge < -0.3 is 24.1 Å². The Hall–Kier alpha value is -4.62. The Morgan fingerprint density at radius 2 is 1.65 bits per heavy atom. The van der Waals surface area contributed by atoms with Crippen LogP contribution in [0.4, 0.5) is 9.52 Å². The number of carbonyl (C=O) groups excluding carboxylic acids is 2. The first-order valence-electron chi connectivity index (χ1n) is 14.3. The van der Waals surface area contributed by atoms with Crippen LogP contribution in [0.3, 0.4) is 0 Å². The number of carbonyl (C=O) groups is 2. The number of ether oxygens (including phenoxy) is 4. The molecule has 0 aliphatic carbocycles. The maximum Gasteiger partial charge on any atom is 0.301 e. The van der Waals surface area contributed by atoms with E-state index in [9.17, 15) is 19.1 Å². The molecular weight excluding hydrogens is 634 g/mol. The number of aromatic nitrogens is 2. The van der Waals surface area contributed by atoms with Crippen LogP contribution in [0, 0.1) is 5.82 Å². The molecule has 1 aromatic heterocycles. The largest absolute Gasteiger partial charge is 0.507 e. The Kier molecular flexibility index (Phi) is 10.4. The van der Waals surface area contributed by atoms with E-state index in [1.165, 1.54) is 50.1 Å². The third-order valence-corrected chi connectivity index (χ3v) is 9.35. The molecule has 240 valence electrons. The van der Waals surface area contributed by atoms with Crippen LogP contribution in [0.2, 0.25) is 0 Å². The molecule has 1 unspecified atom stereocenters. The molecule has 4 aromatic rings. The quantitative estimate of drug-likeness (QED) is 0.0408. The van der Waals surface area contributed by atoms with Gasteiger partial charge in [-0.1, -0.05) is 48.6 Å². The minimum absolute atomic E-state index is 0.144. The molecule has 1 saturated heterocycles. The number of hydrogen-bond donors (Lipinski definition) is 1. The Balaban J connectivity index is 1.57. The van der Waals surface area contributed by atoms with Crippen LogP contribution in [-0.4, -0.2) is 54.9 Å². The summed E-state index contributed by atoms with van der Waals surface area (Å²) in [5, 5.41) is 20.2. The Morgan fingerprint density at radius 3 is 2.26 bits per heavy atom. The van der Waals surface area contributed by atoms with E-state index in [2.05, 4.69) is 17.1 Å². The van der Waals surface area contributed by atoms with E-state index in [-0.39, 0.29) is 22.3 Å². The first kappa shape index (κ1) is 32.8. The van der Waals surface area contributed by atoms with Crippen LogP contribution in [0.1, 0.15) is 42.5 Å². The number of halogens is 1. The fraction of sp³-hybridized carbons (Fsp3) is 0.273. The maximum atomic E-state index is 13.7. The minimum Gasteiger partial charge on any atom is -0.507 e. The van der Waals surface area contributed by atoms with Gasteiger partial charge in [0.25, 0.3) is 5.78 Å². The molecule has 10 nitrogen and oxygen atoms in total. The molecule has 1 amide bonds. The van der Waals surface area contributed by atoms with Crippen LogP contribution in [0.15, 0.2) is 70.6 Å². The lowest BCUT2D eigenvalue weighted by molar-refractivity contribution is -0.132. The molecule has 0 bridgehead atoms. The topological polar surface area (TPSA) is 120 Å². The zero-order valence-electron chi connectivity index (χ0n) is 25.6. The highest BCUT2D eigenvalue weighted by Crippen LogP contribution is 2.48. The van der Waals surface area contributed by atoms with Gasteiger partial charge >= 0.3 is 5.91 Å². The fourth-order valence-electron chi connectivity index (χ4n) is 4.89. The van der Waals surface area contributed by atoms with Crippen molar-refractivity contribution in [3.63, 3.8) is 0 Å². The Bertz CT molecular complexity index is 1720. The lowest BCUT2D eigenvalue weighted by Crippen LogP contribution is -2.29. The average Bonchev–Trinajstić information content (AvgIpc) is 3.65. The monoisotopic (exact) mass is 665 g/mol. The van der Waals surface area contributed by atoms with Gasteiger partial charge in [-0.25, -0.2) is 4.39 Å². The number of amides is 1. The van der Waals surface area contributed by atoms with Crippen molar-refractivity contribution in [1.29, 1.82) is 0 Å². The van der Waals surface area contributed by atoms with Gasteiger partial charge in [-0.05, 0) is 66.1 Å². The number of aliphatic hydroxyl groups excluding tert-OH is 1. The molecule has 13 heteroatoms. The van der Waals surface area contributed by atoms with Gasteiger partial charge in [-0.2, -0.15) is 0 Å². The Morgan fingerprint density at radius 1 is 0.978 bits per heavy atom. The van der Waals surface area contributed by atoms with Crippen LogP contribution < -0.4 is 23.8 Å². The van der Waals surface area contributed by atoms with E-state index in [1.807, 2.05) is 0 Å². The molecule has 1 N–H and O–H groups in total. The summed E-state index contributed by atoms with van der Waals surface area (Å²) in [6.45, 7) is 2.62. The second-order valence-electron chi connectivity index (χ2n) is 10.1. The molecule has 46 heavy (non-hydrogen) atoms. The average molecular weight is 666 g/mol. The minimum atomic E-state index is -1.11. The molecule has 0 radical (unpaired) electrons. The number of ketones is 1. The number of benzene rings is 3. The summed E-state index contributed by atoms with van der Waals surface area (Å²) in [5.74, 6) is -0.456. The summed E-state index contributed by atoms with van der Waals surface area (Å²) in [6, 6.07) is 14.9. The number of thioether (sulfide) groups is 1. The number of anilines is 1. The number of hydrogen-bond acceptors (Lipinski definition) is 11. The fourth-order valence-corrected chi connectivity index (χ4v) is 6.71. The summed E-state index contributed by atoms with van der Waals surface area (Å²) in [5.41, 5.74) is 1.47. The van der Waals surface area contributed by atoms with Gasteiger partial charge in [0.05, 0.1) is 39.6 Å². The first-order chi connectivity index (χ1) is 22.3. The molecule has 0 spiro atoms. The lowest BCUT2D eigenvalue weighted by atomic mass is 9.94. The summed E-state index contributed by atoms with van der Waals surface area (Å²) >= 11 is 2.47. The number of rotatable bonds is 13. The molecular formula is C33H32FN3O7S2. The van der Waals surface area contributed by atoms with Crippen molar-refractivity contribution < 1.29 is 38.0 Å². The van der Waals surface area contributed by atoms with Crippen molar-refractivity contribution in [3.8, 4) is 23.0 Å². The summed E-state index contributed by atoms with van der Waals surface area (Å²) in [6.07, 6.45) is 1.89. The number of aliphatic hydroxyl groups is 1. The second-order valence-corrected chi connectivity index (χ2v) is 12.3. The third kappa shape index (κ3) is 6.80. The van der Waals surface area contributed by atoms with E-state index < -0.39 is 17.7 Å². The molecule has 1 fully saturated rings. The standard InChI is InChI=1S/C33H32FN3O7S2/c1-5-6-15-44-23-13-9-20(10-14-23)28(38)26-27(21-16-24(41-2)30(43-4)25(17-21)42-3)37(31(40)29(26)39)32-35-36-33(46-32)45-18-19-7-11-22(34)12-8-19/h7-14,16-17,27,38H,5-6,15,18H2,1-4H3. The van der Waals surface area contributed by atoms with E-state index >= 15 is 0 Å². The van der Waals surface area contributed by atoms with Gasteiger partial charge in [0.1, 0.15) is 17.3 Å². The summed E-state index contributed by atoms with van der Waals surface area (Å²) in [7, 11) is 4.38. The van der Waals surface area contributed by atoms with E-state index in [1.54, 1.807) is 48.5 Å². The highest BCUT2D eigenvalue weighted by molar-refractivity contribution is 8.00. The van der Waals surface area contributed by atoms with Crippen LogP contribution in [0.5, 0.6) is 23.0 Å². The lowest BCUT2D eigenvalue weighted by Gasteiger charge is -2.24. The number of Topliss-reactive ketones (excluding diaryl/α,β-unsaturated/α-hetero) is 1. The zero-order valence-corrected chi connectivity index (χ0v) is 27.2. The van der Waals surface area contributed by atoms with Crippen molar-refractivity contribution in [3.05, 3.63) is 88.7 Å². The molecule has 1 aliphatic rings. The molecule has 3 aromatic carbocycles. The van der Waals surface area contributed by atoms with E-state index in [0.717, 1.165) is 29.7 Å². The van der Waals surface area contributed by atoms with Crippen LogP contribution >= 0.6 is 23.1 Å². The number of nitrogens with zero attached hydrogens (tertiary/aromatic N) is 3. The number of unbranched alkanes of at least 4 members (excludes halogenated alkanes) is 1. The molecule has 5 rings (SSSR count). The first-order valence-corrected chi connectivity index (χ1v) is 16.1. The van der Waals surface area contributed by atoms with Gasteiger partial charge in [-0.15, -0.1) is 10.2 Å². The van der Waals surface area contributed by atoms with Crippen LogP contribution in [-0.2, 0) is 15.3 Å². The van der Waals surface area contributed by atoms with Gasteiger partial charge in [0.15, 0.2) is 15.8 Å². The number of methoxy groups -OCH3 is 3. The zero-order chi connectivity index (χ0) is 32.8. The maximum absolute atomic E-state index is 13.7. The van der Waals surface area contributed by atoms with Crippen molar-refractivity contribution in [1.82, 2.24) is 10.2 Å². The summed E-state index contributed by atoms with van der Waals surface area (Å²) < 4.78 is 36.2. The van der Waals surface area contributed by atoms with Gasteiger partial charge in [0.2, 0.25) is 10.9 Å². The SMILES string of the molecule is CCCCOc1ccc(C(O)=C2C(=O)C(=O)N(c3nnc(SCc4ccc(F)cc4)s3)C2c2cc(OC)c(OC)c(OC)c2)cc1. The summed E-state index contributed by atoms with van der Waals surface area (Å²) in [4.78, 5) is 28.6. The van der Waals surface area contributed by atoms with Crippen molar-refractivity contribution in [2.45, 2.75) is 35.9 Å². The molecule has 2 heterocycles.